The number of likely N-dealkylation sites (tertiary alicyclic amines) is 2. The number of aromatic amines is 2. The summed E-state index contributed by atoms with van der Waals surface area (Å²) >= 11 is 0. The largest absolute Gasteiger partial charge is 0.453 e. The highest BCUT2D eigenvalue weighted by Crippen LogP contribution is 2.36. The monoisotopic (exact) mass is 710 g/mol. The van der Waals surface area contributed by atoms with Crippen LogP contribution >= 0.6 is 0 Å². The van der Waals surface area contributed by atoms with Gasteiger partial charge in [-0.15, -0.1) is 0 Å². The van der Waals surface area contributed by atoms with Crippen molar-refractivity contribution in [3.63, 3.8) is 0 Å². The quantitative estimate of drug-likeness (QED) is 0.175. The normalized spacial score (nSPS) is 18.2. The van der Waals surface area contributed by atoms with Gasteiger partial charge in [0, 0.05) is 24.3 Å². The summed E-state index contributed by atoms with van der Waals surface area (Å²) in [6.45, 7) is 8.44. The Bertz CT molecular complexity index is 1800. The third-order valence-electron chi connectivity index (χ3n) is 9.95. The number of aryl methyl sites for hydroxylation is 2. The number of alkyl carbamates (subject to hydrolysis) is 2. The Morgan fingerprint density at radius 2 is 1.13 bits per heavy atom. The molecule has 2 saturated heterocycles. The molecule has 14 nitrogen and oxygen atoms in total. The van der Waals surface area contributed by atoms with E-state index in [4.69, 9.17) is 9.97 Å². The number of hydrogen-bond donors (Lipinski definition) is 4. The molecule has 2 aliphatic heterocycles. The van der Waals surface area contributed by atoms with E-state index >= 15 is 0 Å². The number of imidazole rings is 2. The van der Waals surface area contributed by atoms with Crippen molar-refractivity contribution in [2.75, 3.05) is 27.3 Å². The molecule has 4 atom stereocenters. The first-order chi connectivity index (χ1) is 25.0. The van der Waals surface area contributed by atoms with E-state index in [1.165, 1.54) is 14.2 Å². The molecule has 4 aromatic rings. The van der Waals surface area contributed by atoms with Gasteiger partial charge in [-0.2, -0.15) is 0 Å². The van der Waals surface area contributed by atoms with Gasteiger partial charge in [-0.05, 0) is 70.1 Å². The minimum atomic E-state index is -0.709. The van der Waals surface area contributed by atoms with Gasteiger partial charge in [0.25, 0.3) is 0 Å². The number of rotatable bonds is 9. The van der Waals surface area contributed by atoms with E-state index < -0.39 is 24.3 Å². The number of benzene rings is 2. The molecule has 274 valence electrons. The number of amides is 4. The second-order valence-electron chi connectivity index (χ2n) is 13.4. The minimum Gasteiger partial charge on any atom is -0.453 e. The van der Waals surface area contributed by atoms with Crippen LogP contribution in [0.15, 0.2) is 48.5 Å². The first kappa shape index (κ1) is 36.1. The van der Waals surface area contributed by atoms with Gasteiger partial charge < -0.3 is 39.9 Å². The number of nitrogens with zero attached hydrogens (tertiary/aromatic N) is 4. The van der Waals surface area contributed by atoms with Crippen LogP contribution in [0.2, 0.25) is 0 Å². The lowest BCUT2D eigenvalue weighted by atomic mass is 10.0. The molecule has 2 aromatic heterocycles. The topological polar surface area (TPSA) is 175 Å². The lowest BCUT2D eigenvalue weighted by Crippen LogP contribution is -2.46. The molecule has 4 N–H and O–H groups in total. The molecule has 2 fully saturated rings. The van der Waals surface area contributed by atoms with Gasteiger partial charge in [0.15, 0.2) is 0 Å². The number of nitrogens with one attached hydrogen (secondary N) is 4. The van der Waals surface area contributed by atoms with E-state index in [-0.39, 0.29) is 23.9 Å². The van der Waals surface area contributed by atoms with Crippen LogP contribution in [0.3, 0.4) is 0 Å². The Kier molecular flexibility index (Phi) is 10.6. The summed E-state index contributed by atoms with van der Waals surface area (Å²) in [5, 5.41) is 5.13. The first-order valence-electron chi connectivity index (χ1n) is 17.6. The second kappa shape index (κ2) is 15.3. The molecule has 0 radical (unpaired) electrons. The van der Waals surface area contributed by atoms with Crippen molar-refractivity contribution in [1.82, 2.24) is 40.4 Å². The van der Waals surface area contributed by atoms with Gasteiger partial charge in [0.2, 0.25) is 11.8 Å². The summed E-state index contributed by atoms with van der Waals surface area (Å²) in [4.78, 5) is 69.8. The zero-order valence-corrected chi connectivity index (χ0v) is 30.4. The van der Waals surface area contributed by atoms with Crippen LogP contribution < -0.4 is 10.6 Å². The third-order valence-corrected chi connectivity index (χ3v) is 9.95. The van der Waals surface area contributed by atoms with Crippen LogP contribution in [0.4, 0.5) is 9.59 Å². The number of ether oxygens (including phenoxy) is 2. The highest BCUT2D eigenvalue weighted by Gasteiger charge is 2.36. The highest BCUT2D eigenvalue weighted by molar-refractivity contribution is 5.86. The number of aromatic nitrogens is 4. The minimum absolute atomic E-state index is 0.171. The molecule has 0 unspecified atom stereocenters. The van der Waals surface area contributed by atoms with Gasteiger partial charge in [-0.25, -0.2) is 19.6 Å². The van der Waals surface area contributed by atoms with Crippen LogP contribution in [0.5, 0.6) is 0 Å². The fraction of sp³-hybridized carbons (Fsp3) is 0.421. The van der Waals surface area contributed by atoms with Crippen LogP contribution in [0, 0.1) is 13.8 Å². The molecule has 4 heterocycles. The van der Waals surface area contributed by atoms with Crippen molar-refractivity contribution in [3.8, 4) is 33.6 Å². The molecule has 6 rings (SSSR count). The maximum Gasteiger partial charge on any atom is 0.407 e. The molecule has 0 saturated carbocycles. The molecular weight excluding hydrogens is 664 g/mol. The van der Waals surface area contributed by atoms with Crippen LogP contribution in [-0.4, -0.2) is 93.1 Å². The predicted molar refractivity (Wildman–Crippen MR) is 194 cm³/mol. The lowest BCUT2D eigenvalue weighted by Gasteiger charge is -2.26. The van der Waals surface area contributed by atoms with Crippen LogP contribution in [-0.2, 0) is 19.1 Å². The Labute approximate surface area is 302 Å². The Balaban J connectivity index is 1.13. The zero-order chi connectivity index (χ0) is 37.1. The standard InChI is InChI=1S/C38H46N8O6/c1-21-31(43-33(39-21)29-9-7-19-45(29)35(47)23(3)41-37(49)51-5)27-15-11-25(12-16-27)26-13-17-28(18-14-26)32-22(2)40-34(44-32)30-10-8-20-46(30)36(48)24(4)42-38(50)52-6/h11-18,23-24,29-30H,7-10,19-20H2,1-6H3,(H,39,43)(H,40,44)(H,41,49)(H,42,50)/t23-,24-,29-,30-/m0/s1. The van der Waals surface area contributed by atoms with Gasteiger partial charge in [0.05, 0.1) is 43.4 Å². The molecule has 14 heteroatoms. The molecule has 2 aromatic carbocycles. The summed E-state index contributed by atoms with van der Waals surface area (Å²) in [6, 6.07) is 14.7. The first-order valence-corrected chi connectivity index (χ1v) is 17.6. The summed E-state index contributed by atoms with van der Waals surface area (Å²) in [5.41, 5.74) is 7.56. The van der Waals surface area contributed by atoms with E-state index in [1.807, 2.05) is 13.8 Å². The molecule has 52 heavy (non-hydrogen) atoms. The molecule has 0 bridgehead atoms. The fourth-order valence-electron chi connectivity index (χ4n) is 7.22. The summed E-state index contributed by atoms with van der Waals surface area (Å²) in [6.07, 6.45) is 1.99. The van der Waals surface area contributed by atoms with Crippen molar-refractivity contribution in [3.05, 3.63) is 71.6 Å². The number of hydrogen-bond acceptors (Lipinski definition) is 8. The van der Waals surface area contributed by atoms with Crippen molar-refractivity contribution in [1.29, 1.82) is 0 Å². The smallest absolute Gasteiger partial charge is 0.407 e. The second-order valence-corrected chi connectivity index (χ2v) is 13.4. The maximum atomic E-state index is 13.2. The summed E-state index contributed by atoms with van der Waals surface area (Å²) in [7, 11) is 2.54. The summed E-state index contributed by atoms with van der Waals surface area (Å²) in [5.74, 6) is 1.13. The molecule has 4 amide bonds. The Morgan fingerprint density at radius 3 is 1.62 bits per heavy atom. The van der Waals surface area contributed by atoms with Crippen molar-refractivity contribution in [2.24, 2.45) is 0 Å². The van der Waals surface area contributed by atoms with E-state index in [9.17, 15) is 19.2 Å². The Hall–Kier alpha value is -5.66. The fourth-order valence-corrected chi connectivity index (χ4v) is 7.22. The van der Waals surface area contributed by atoms with Gasteiger partial charge in [0.1, 0.15) is 23.7 Å². The molecule has 0 aliphatic carbocycles. The van der Waals surface area contributed by atoms with Crippen molar-refractivity contribution < 1.29 is 28.7 Å². The predicted octanol–water partition coefficient (Wildman–Crippen LogP) is 5.57. The van der Waals surface area contributed by atoms with Crippen molar-refractivity contribution >= 4 is 24.0 Å². The molecule has 2 aliphatic rings. The summed E-state index contributed by atoms with van der Waals surface area (Å²) < 4.78 is 9.31. The van der Waals surface area contributed by atoms with Crippen LogP contribution in [0.25, 0.3) is 33.6 Å². The van der Waals surface area contributed by atoms with Crippen molar-refractivity contribution in [2.45, 2.75) is 77.5 Å². The zero-order valence-electron chi connectivity index (χ0n) is 30.4. The van der Waals surface area contributed by atoms with E-state index in [1.54, 1.807) is 23.6 Å². The average molecular weight is 711 g/mol. The molecular formula is C38H46N8O6. The SMILES string of the molecule is COC(=O)N[C@@H](C)C(=O)N1CCC[C@H]1c1nc(-c2ccc(-c3ccc(-c4[nH]c([C@@H]5CCCN5C(=O)[C@H](C)NC(=O)OC)nc4C)cc3)cc2)c(C)[nH]1. The van der Waals surface area contributed by atoms with E-state index in [0.717, 1.165) is 82.4 Å². The average Bonchev–Trinajstić information content (AvgIpc) is 3.97. The highest BCUT2D eigenvalue weighted by atomic mass is 16.5. The van der Waals surface area contributed by atoms with E-state index in [2.05, 4.69) is 78.6 Å². The number of carbonyl (C=O) groups is 4. The number of methoxy groups -OCH3 is 2. The lowest BCUT2D eigenvalue weighted by molar-refractivity contribution is -0.134. The van der Waals surface area contributed by atoms with Crippen LogP contribution in [0.1, 0.15) is 74.7 Å². The molecule has 0 spiro atoms. The van der Waals surface area contributed by atoms with Gasteiger partial charge in [-0.1, -0.05) is 48.5 Å². The van der Waals surface area contributed by atoms with Gasteiger partial charge >= 0.3 is 12.2 Å². The van der Waals surface area contributed by atoms with Gasteiger partial charge in [-0.3, -0.25) is 9.59 Å². The van der Waals surface area contributed by atoms with E-state index in [0.29, 0.717) is 13.1 Å². The number of H-pyrrole nitrogens is 2. The number of carbonyl (C=O) groups excluding carboxylic acids is 4. The Morgan fingerprint density at radius 1 is 0.692 bits per heavy atom. The maximum absolute atomic E-state index is 13.2. The third kappa shape index (κ3) is 7.37.